The average molecular weight is 336 g/mol. The molecule has 2 aliphatic rings. The highest BCUT2D eigenvalue weighted by Crippen LogP contribution is 2.34. The number of nitrogens with one attached hydrogen (secondary N) is 2. The molecule has 2 heterocycles. The number of carbonyl (C=O) groups excluding carboxylic acids is 2. The first kappa shape index (κ1) is 16.1. The molecule has 0 aromatic heterocycles. The van der Waals surface area contributed by atoms with Crippen molar-refractivity contribution in [3.05, 3.63) is 29.3 Å². The highest BCUT2D eigenvalue weighted by Gasteiger charge is 2.41. The molecule has 0 aliphatic carbocycles. The van der Waals surface area contributed by atoms with Crippen molar-refractivity contribution < 1.29 is 9.59 Å². The maximum atomic E-state index is 12.7. The second-order valence-electron chi connectivity index (χ2n) is 6.45. The number of fused-ring (bicyclic) bond motifs is 2. The van der Waals surface area contributed by atoms with E-state index in [1.807, 2.05) is 4.90 Å². The summed E-state index contributed by atoms with van der Waals surface area (Å²) in [5.41, 5.74) is 0.751. The number of piperidine rings is 2. The molecular formula is C17H22ClN3O2. The van der Waals surface area contributed by atoms with E-state index in [9.17, 15) is 9.59 Å². The number of nitrogens with zero attached hydrogens (tertiary/aromatic N) is 1. The Kier molecular flexibility index (Phi) is 4.76. The Labute approximate surface area is 141 Å². The van der Waals surface area contributed by atoms with Gasteiger partial charge in [0, 0.05) is 35.8 Å². The van der Waals surface area contributed by atoms with Gasteiger partial charge in [0.05, 0.1) is 0 Å². The van der Waals surface area contributed by atoms with E-state index < -0.39 is 0 Å². The van der Waals surface area contributed by atoms with Crippen LogP contribution in [0.25, 0.3) is 0 Å². The van der Waals surface area contributed by atoms with Crippen molar-refractivity contribution in [1.29, 1.82) is 0 Å². The van der Waals surface area contributed by atoms with Crippen molar-refractivity contribution in [1.82, 2.24) is 10.2 Å². The lowest BCUT2D eigenvalue weighted by molar-refractivity contribution is -0.120. The monoisotopic (exact) mass is 335 g/mol. The number of anilines is 1. The van der Waals surface area contributed by atoms with Gasteiger partial charge >= 0.3 is 6.03 Å². The lowest BCUT2D eigenvalue weighted by Gasteiger charge is -2.48. The van der Waals surface area contributed by atoms with Crippen molar-refractivity contribution in [2.75, 3.05) is 5.32 Å². The second-order valence-corrected chi connectivity index (χ2v) is 6.89. The van der Waals surface area contributed by atoms with Crippen LogP contribution < -0.4 is 10.6 Å². The molecule has 0 saturated carbocycles. The lowest BCUT2D eigenvalue weighted by atomic mass is 9.82. The molecule has 0 radical (unpaired) electrons. The average Bonchev–Trinajstić information content (AvgIpc) is 2.48. The summed E-state index contributed by atoms with van der Waals surface area (Å²) >= 11 is 5.87. The van der Waals surface area contributed by atoms with E-state index in [1.54, 1.807) is 31.2 Å². The molecule has 2 fully saturated rings. The van der Waals surface area contributed by atoms with E-state index in [2.05, 4.69) is 10.6 Å². The number of halogens is 1. The Morgan fingerprint density at radius 1 is 1.13 bits per heavy atom. The van der Waals surface area contributed by atoms with Crippen LogP contribution in [0.1, 0.15) is 39.0 Å². The molecule has 5 nitrogen and oxygen atoms in total. The van der Waals surface area contributed by atoms with Crippen LogP contribution in [0, 0.1) is 0 Å². The van der Waals surface area contributed by atoms with E-state index in [1.165, 1.54) is 0 Å². The van der Waals surface area contributed by atoms with Crippen LogP contribution in [0.2, 0.25) is 5.02 Å². The first-order valence-corrected chi connectivity index (χ1v) is 8.52. The summed E-state index contributed by atoms with van der Waals surface area (Å²) in [6, 6.07) is 7.67. The zero-order valence-corrected chi connectivity index (χ0v) is 14.0. The highest BCUT2D eigenvalue weighted by molar-refractivity contribution is 6.30. The van der Waals surface area contributed by atoms with Gasteiger partial charge in [-0.3, -0.25) is 4.79 Å². The number of rotatable bonds is 2. The largest absolute Gasteiger partial charge is 0.353 e. The summed E-state index contributed by atoms with van der Waals surface area (Å²) < 4.78 is 0. The van der Waals surface area contributed by atoms with Crippen LogP contribution in [-0.2, 0) is 4.79 Å². The molecule has 23 heavy (non-hydrogen) atoms. The van der Waals surface area contributed by atoms with Crippen molar-refractivity contribution in [2.45, 2.75) is 57.2 Å². The number of carbonyl (C=O) groups is 2. The molecule has 3 rings (SSSR count). The van der Waals surface area contributed by atoms with Gasteiger partial charge in [0.25, 0.3) is 0 Å². The first-order valence-electron chi connectivity index (χ1n) is 8.15. The predicted molar refractivity (Wildman–Crippen MR) is 90.6 cm³/mol. The predicted octanol–water partition coefficient (Wildman–Crippen LogP) is 3.39. The molecule has 2 aliphatic heterocycles. The quantitative estimate of drug-likeness (QED) is 0.870. The normalized spacial score (nSPS) is 26.5. The molecule has 2 saturated heterocycles. The summed E-state index contributed by atoms with van der Waals surface area (Å²) in [6.07, 6.45) is 4.82. The van der Waals surface area contributed by atoms with Gasteiger partial charge in [0.2, 0.25) is 5.91 Å². The van der Waals surface area contributed by atoms with Gasteiger partial charge in [0.15, 0.2) is 0 Å². The zero-order chi connectivity index (χ0) is 16.4. The molecule has 0 spiro atoms. The second kappa shape index (κ2) is 6.79. The molecule has 1 aromatic carbocycles. The summed E-state index contributed by atoms with van der Waals surface area (Å²) in [6.45, 7) is 1.55. The van der Waals surface area contributed by atoms with E-state index >= 15 is 0 Å². The van der Waals surface area contributed by atoms with Gasteiger partial charge < -0.3 is 15.5 Å². The van der Waals surface area contributed by atoms with Gasteiger partial charge in [0.1, 0.15) is 0 Å². The van der Waals surface area contributed by atoms with Crippen LogP contribution in [0.5, 0.6) is 0 Å². The van der Waals surface area contributed by atoms with Crippen molar-refractivity contribution in [2.24, 2.45) is 0 Å². The molecule has 3 amide bonds. The van der Waals surface area contributed by atoms with E-state index in [-0.39, 0.29) is 30.1 Å². The number of hydrogen-bond donors (Lipinski definition) is 2. The third-order valence-corrected chi connectivity index (χ3v) is 4.96. The van der Waals surface area contributed by atoms with Gasteiger partial charge in [-0.2, -0.15) is 0 Å². The molecule has 1 aromatic rings. The fraction of sp³-hybridized carbons (Fsp3) is 0.529. The molecular weight excluding hydrogens is 314 g/mol. The van der Waals surface area contributed by atoms with Crippen molar-refractivity contribution in [3.8, 4) is 0 Å². The van der Waals surface area contributed by atoms with Crippen LogP contribution >= 0.6 is 11.6 Å². The van der Waals surface area contributed by atoms with E-state index in [4.69, 9.17) is 11.6 Å². The Balaban J connectivity index is 1.68. The maximum Gasteiger partial charge on any atom is 0.322 e. The number of amides is 3. The number of benzene rings is 1. The molecule has 6 heteroatoms. The van der Waals surface area contributed by atoms with Gasteiger partial charge in [-0.05, 0) is 56.4 Å². The molecule has 124 valence electrons. The van der Waals surface area contributed by atoms with Crippen LogP contribution in [0.3, 0.4) is 0 Å². The Morgan fingerprint density at radius 2 is 1.74 bits per heavy atom. The minimum absolute atomic E-state index is 0.00661. The summed E-state index contributed by atoms with van der Waals surface area (Å²) in [7, 11) is 0. The molecule has 1 unspecified atom stereocenters. The smallest absolute Gasteiger partial charge is 0.322 e. The lowest BCUT2D eigenvalue weighted by Crippen LogP contribution is -2.59. The van der Waals surface area contributed by atoms with Crippen LogP contribution in [0.4, 0.5) is 10.5 Å². The number of urea groups is 1. The standard InChI is InChI=1S/C17H22ClN3O2/c1-11(22)19-14-9-15-3-2-4-16(10-14)21(15)17(23)20-13-7-5-12(18)6-8-13/h5-8,14-16H,2-4,9-10H2,1H3,(H,19,22)(H,20,23)/t14?,15-,16+. The Bertz CT molecular complexity index is 576. The first-order chi connectivity index (χ1) is 11.0. The minimum Gasteiger partial charge on any atom is -0.353 e. The molecule has 3 atom stereocenters. The van der Waals surface area contributed by atoms with Crippen LogP contribution in [-0.4, -0.2) is 35.0 Å². The topological polar surface area (TPSA) is 61.4 Å². The molecule has 2 bridgehead atoms. The fourth-order valence-corrected chi connectivity index (χ4v) is 3.97. The van der Waals surface area contributed by atoms with E-state index in [0.29, 0.717) is 5.02 Å². The summed E-state index contributed by atoms with van der Waals surface area (Å²) in [4.78, 5) is 26.0. The highest BCUT2D eigenvalue weighted by atomic mass is 35.5. The minimum atomic E-state index is -0.0525. The van der Waals surface area contributed by atoms with E-state index in [0.717, 1.165) is 37.8 Å². The SMILES string of the molecule is CC(=O)NC1C[C@H]2CCC[C@@H](C1)N2C(=O)Nc1ccc(Cl)cc1. The Hall–Kier alpha value is -1.75. The van der Waals surface area contributed by atoms with Crippen molar-refractivity contribution >= 4 is 29.2 Å². The third-order valence-electron chi connectivity index (χ3n) is 4.71. The summed E-state index contributed by atoms with van der Waals surface area (Å²) in [5, 5.41) is 6.63. The van der Waals surface area contributed by atoms with Gasteiger partial charge in [-0.1, -0.05) is 11.6 Å². The summed E-state index contributed by atoms with van der Waals surface area (Å²) in [5.74, 6) is 0.00661. The van der Waals surface area contributed by atoms with Crippen molar-refractivity contribution in [3.63, 3.8) is 0 Å². The van der Waals surface area contributed by atoms with Crippen LogP contribution in [0.15, 0.2) is 24.3 Å². The fourth-order valence-electron chi connectivity index (χ4n) is 3.84. The third kappa shape index (κ3) is 3.78. The zero-order valence-electron chi connectivity index (χ0n) is 13.2. The molecule has 2 N–H and O–H groups in total. The Morgan fingerprint density at radius 3 is 2.30 bits per heavy atom. The van der Waals surface area contributed by atoms with Gasteiger partial charge in [-0.25, -0.2) is 4.79 Å². The number of hydrogen-bond acceptors (Lipinski definition) is 2. The maximum absolute atomic E-state index is 12.7. The van der Waals surface area contributed by atoms with Gasteiger partial charge in [-0.15, -0.1) is 0 Å².